The van der Waals surface area contributed by atoms with Crippen LogP contribution in [0, 0.1) is 5.92 Å². The molecule has 2 aliphatic heterocycles. The van der Waals surface area contributed by atoms with Gasteiger partial charge in [0.1, 0.15) is 0 Å². The van der Waals surface area contributed by atoms with E-state index in [9.17, 15) is 5.11 Å². The van der Waals surface area contributed by atoms with Crippen LogP contribution in [0.5, 0.6) is 0 Å². The summed E-state index contributed by atoms with van der Waals surface area (Å²) in [7, 11) is 0. The van der Waals surface area contributed by atoms with Gasteiger partial charge in [-0.05, 0) is 19.3 Å². The van der Waals surface area contributed by atoms with Crippen molar-refractivity contribution in [1.29, 1.82) is 0 Å². The van der Waals surface area contributed by atoms with Crippen molar-refractivity contribution in [2.24, 2.45) is 5.92 Å². The van der Waals surface area contributed by atoms with Crippen molar-refractivity contribution in [3.8, 4) is 11.3 Å². The summed E-state index contributed by atoms with van der Waals surface area (Å²) in [6, 6.07) is 10.2. The number of aliphatic hydroxyl groups excluding tert-OH is 1. The summed E-state index contributed by atoms with van der Waals surface area (Å²) in [5, 5.41) is 13.6. The SMILES string of the molecule is OC(Cc1nc(-c2ccccc2)cs1)C1CC2CCC1O2. The second-order valence-corrected chi connectivity index (χ2v) is 6.98. The molecule has 2 fully saturated rings. The molecule has 2 aromatic rings. The molecule has 3 nitrogen and oxygen atoms in total. The number of benzene rings is 1. The van der Waals surface area contributed by atoms with Crippen LogP contribution in [0.15, 0.2) is 35.7 Å². The summed E-state index contributed by atoms with van der Waals surface area (Å²) >= 11 is 1.64. The van der Waals surface area contributed by atoms with E-state index in [1.807, 2.05) is 18.2 Å². The van der Waals surface area contributed by atoms with Crippen LogP contribution in [0.25, 0.3) is 11.3 Å². The Bertz CT molecular complexity index is 612. The molecule has 1 aromatic carbocycles. The number of ether oxygens (including phenoxy) is 1. The molecule has 0 saturated carbocycles. The first kappa shape index (κ1) is 13.4. The molecule has 3 heterocycles. The molecule has 4 heteroatoms. The fraction of sp³-hybridized carbons (Fsp3) is 0.471. The predicted molar refractivity (Wildman–Crippen MR) is 83.3 cm³/mol. The molecule has 1 aromatic heterocycles. The van der Waals surface area contributed by atoms with Crippen LogP contribution >= 0.6 is 11.3 Å². The van der Waals surface area contributed by atoms with Crippen LogP contribution in [0.1, 0.15) is 24.3 Å². The van der Waals surface area contributed by atoms with Crippen LogP contribution in [-0.4, -0.2) is 28.4 Å². The van der Waals surface area contributed by atoms with Crippen molar-refractivity contribution in [1.82, 2.24) is 4.98 Å². The van der Waals surface area contributed by atoms with Crippen LogP contribution in [-0.2, 0) is 11.2 Å². The largest absolute Gasteiger partial charge is 0.392 e. The number of hydrogen-bond donors (Lipinski definition) is 1. The Morgan fingerprint density at radius 1 is 1.29 bits per heavy atom. The Labute approximate surface area is 128 Å². The van der Waals surface area contributed by atoms with E-state index in [1.165, 1.54) is 6.42 Å². The molecule has 4 rings (SSSR count). The van der Waals surface area contributed by atoms with Gasteiger partial charge >= 0.3 is 0 Å². The van der Waals surface area contributed by atoms with Gasteiger partial charge in [-0.25, -0.2) is 4.98 Å². The molecule has 0 amide bonds. The summed E-state index contributed by atoms with van der Waals surface area (Å²) in [6.45, 7) is 0. The molecular weight excluding hydrogens is 282 g/mol. The molecule has 110 valence electrons. The van der Waals surface area contributed by atoms with Crippen molar-refractivity contribution in [3.63, 3.8) is 0 Å². The first-order valence-electron chi connectivity index (χ1n) is 7.63. The van der Waals surface area contributed by atoms with E-state index in [0.717, 1.165) is 29.1 Å². The Kier molecular flexibility index (Phi) is 3.53. The van der Waals surface area contributed by atoms with Crippen molar-refractivity contribution in [3.05, 3.63) is 40.7 Å². The zero-order valence-electron chi connectivity index (χ0n) is 11.8. The summed E-state index contributed by atoms with van der Waals surface area (Å²) < 4.78 is 5.84. The minimum atomic E-state index is -0.324. The molecule has 1 N–H and O–H groups in total. The van der Waals surface area contributed by atoms with E-state index < -0.39 is 0 Å². The minimum absolute atomic E-state index is 0.276. The number of aliphatic hydroxyl groups is 1. The van der Waals surface area contributed by atoms with Gasteiger partial charge in [0.2, 0.25) is 0 Å². The van der Waals surface area contributed by atoms with Gasteiger partial charge in [-0.1, -0.05) is 30.3 Å². The molecule has 2 aliphatic rings. The fourth-order valence-electron chi connectivity index (χ4n) is 3.56. The molecule has 4 unspecified atom stereocenters. The highest BCUT2D eigenvalue weighted by atomic mass is 32.1. The fourth-order valence-corrected chi connectivity index (χ4v) is 4.41. The summed E-state index contributed by atoms with van der Waals surface area (Å²) in [5.74, 6) is 0.299. The molecule has 2 saturated heterocycles. The average Bonchev–Trinajstić information content (AvgIpc) is 3.24. The topological polar surface area (TPSA) is 42.4 Å². The van der Waals surface area contributed by atoms with Gasteiger partial charge in [0.15, 0.2) is 0 Å². The summed E-state index contributed by atoms with van der Waals surface area (Å²) in [4.78, 5) is 4.67. The van der Waals surface area contributed by atoms with E-state index >= 15 is 0 Å². The maximum Gasteiger partial charge on any atom is 0.0958 e. The highest BCUT2D eigenvalue weighted by Crippen LogP contribution is 2.41. The lowest BCUT2D eigenvalue weighted by molar-refractivity contribution is 0.0431. The van der Waals surface area contributed by atoms with E-state index in [0.29, 0.717) is 18.4 Å². The van der Waals surface area contributed by atoms with Crippen molar-refractivity contribution >= 4 is 11.3 Å². The lowest BCUT2D eigenvalue weighted by Gasteiger charge is -2.23. The molecular formula is C17H19NO2S. The number of nitrogens with zero attached hydrogens (tertiary/aromatic N) is 1. The lowest BCUT2D eigenvalue weighted by Crippen LogP contribution is -2.30. The standard InChI is InChI=1S/C17H19NO2S/c19-15(13-8-12-6-7-16(13)20-12)9-17-18-14(10-21-17)11-4-2-1-3-5-11/h1-5,10,12-13,15-16,19H,6-9H2. The molecule has 4 atom stereocenters. The van der Waals surface area contributed by atoms with Crippen LogP contribution < -0.4 is 0 Å². The summed E-state index contributed by atoms with van der Waals surface area (Å²) in [5.41, 5.74) is 2.14. The van der Waals surface area contributed by atoms with E-state index in [2.05, 4.69) is 22.5 Å². The van der Waals surface area contributed by atoms with E-state index in [4.69, 9.17) is 4.74 Å². The van der Waals surface area contributed by atoms with Crippen LogP contribution in [0.3, 0.4) is 0 Å². The highest BCUT2D eigenvalue weighted by molar-refractivity contribution is 7.09. The van der Waals surface area contributed by atoms with Gasteiger partial charge in [-0.3, -0.25) is 0 Å². The monoisotopic (exact) mass is 301 g/mol. The maximum atomic E-state index is 10.5. The number of aromatic nitrogens is 1. The maximum absolute atomic E-state index is 10.5. The quantitative estimate of drug-likeness (QED) is 0.942. The Hall–Kier alpha value is -1.23. The first-order chi connectivity index (χ1) is 10.3. The van der Waals surface area contributed by atoms with Gasteiger partial charge in [0, 0.05) is 23.3 Å². The third kappa shape index (κ3) is 2.63. The van der Waals surface area contributed by atoms with Gasteiger partial charge < -0.3 is 9.84 Å². The van der Waals surface area contributed by atoms with Gasteiger partial charge in [0.25, 0.3) is 0 Å². The number of fused-ring (bicyclic) bond motifs is 2. The van der Waals surface area contributed by atoms with E-state index in [1.54, 1.807) is 11.3 Å². The van der Waals surface area contributed by atoms with Gasteiger partial charge in [-0.15, -0.1) is 11.3 Å². The molecule has 21 heavy (non-hydrogen) atoms. The second-order valence-electron chi connectivity index (χ2n) is 6.04. The first-order valence-corrected chi connectivity index (χ1v) is 8.51. The third-order valence-corrected chi connectivity index (χ3v) is 5.52. The van der Waals surface area contributed by atoms with Crippen molar-refractivity contribution in [2.75, 3.05) is 0 Å². The normalized spacial score (nSPS) is 28.9. The molecule has 0 radical (unpaired) electrons. The lowest BCUT2D eigenvalue weighted by atomic mass is 9.84. The minimum Gasteiger partial charge on any atom is -0.392 e. The predicted octanol–water partition coefficient (Wildman–Crippen LogP) is 3.28. The van der Waals surface area contributed by atoms with Gasteiger partial charge in [-0.2, -0.15) is 0 Å². The summed E-state index contributed by atoms with van der Waals surface area (Å²) in [6.07, 6.45) is 4.29. The smallest absolute Gasteiger partial charge is 0.0958 e. The average molecular weight is 301 g/mol. The third-order valence-electron chi connectivity index (χ3n) is 4.65. The highest BCUT2D eigenvalue weighted by Gasteiger charge is 2.44. The molecule has 0 aliphatic carbocycles. The van der Waals surface area contributed by atoms with Crippen LogP contribution in [0.2, 0.25) is 0 Å². The Morgan fingerprint density at radius 3 is 2.86 bits per heavy atom. The molecule has 2 bridgehead atoms. The number of thiazole rings is 1. The zero-order valence-corrected chi connectivity index (χ0v) is 12.6. The van der Waals surface area contributed by atoms with Gasteiger partial charge in [0.05, 0.1) is 29.0 Å². The van der Waals surface area contributed by atoms with E-state index in [-0.39, 0.29) is 12.2 Å². The Morgan fingerprint density at radius 2 is 2.14 bits per heavy atom. The van der Waals surface area contributed by atoms with Crippen LogP contribution in [0.4, 0.5) is 0 Å². The van der Waals surface area contributed by atoms with Crippen molar-refractivity contribution in [2.45, 2.75) is 44.0 Å². The number of rotatable bonds is 4. The van der Waals surface area contributed by atoms with Crippen molar-refractivity contribution < 1.29 is 9.84 Å². The second kappa shape index (κ2) is 5.52. The zero-order chi connectivity index (χ0) is 14.2. The molecule has 0 spiro atoms. The Balaban J connectivity index is 1.44. The number of hydrogen-bond acceptors (Lipinski definition) is 4.